The van der Waals surface area contributed by atoms with Crippen molar-refractivity contribution in [2.75, 3.05) is 14.2 Å². The summed E-state index contributed by atoms with van der Waals surface area (Å²) in [6.07, 6.45) is 2.35. The van der Waals surface area contributed by atoms with Crippen LogP contribution in [0.1, 0.15) is 24.4 Å². The van der Waals surface area contributed by atoms with Gasteiger partial charge in [-0.05, 0) is 61.8 Å². The molecule has 5 nitrogen and oxygen atoms in total. The van der Waals surface area contributed by atoms with Crippen molar-refractivity contribution in [2.45, 2.75) is 32.1 Å². The second kappa shape index (κ2) is 7.75. The molecule has 27 heavy (non-hydrogen) atoms. The van der Waals surface area contributed by atoms with Crippen molar-refractivity contribution in [3.8, 4) is 16.5 Å². The Morgan fingerprint density at radius 2 is 2.19 bits per heavy atom. The number of ether oxygens (including phenoxy) is 1. The number of hydrogen-bond donors (Lipinski definition) is 0. The van der Waals surface area contributed by atoms with Crippen LogP contribution in [-0.2, 0) is 13.2 Å². The van der Waals surface area contributed by atoms with Gasteiger partial charge in [0.1, 0.15) is 5.75 Å². The monoisotopic (exact) mass is 420 g/mol. The highest BCUT2D eigenvalue weighted by Gasteiger charge is 2.29. The standard InChI is InChI=1S/C19H21ClN4OS2/c1-22(11-13-10-14(20)5-8-16(13)25-2)12-23-19(26)24(15-6-7-15)18(21-23)17-4-3-9-27-17/h3-5,8-10,15H,6-7,11-12H2,1-2H3. The number of thiophene rings is 1. The zero-order valence-electron chi connectivity index (χ0n) is 15.3. The first-order valence-corrected chi connectivity index (χ1v) is 10.5. The number of nitrogens with zero attached hydrogens (tertiary/aromatic N) is 4. The predicted molar refractivity (Wildman–Crippen MR) is 112 cm³/mol. The Balaban J connectivity index is 1.59. The molecular formula is C19H21ClN4OS2. The normalized spacial score (nSPS) is 14.1. The molecule has 1 saturated carbocycles. The Bertz CT molecular complexity index is 992. The lowest BCUT2D eigenvalue weighted by molar-refractivity contribution is 0.240. The molecular weight excluding hydrogens is 400 g/mol. The molecule has 0 spiro atoms. The van der Waals surface area contributed by atoms with E-state index in [4.69, 9.17) is 33.7 Å². The number of methoxy groups -OCH3 is 1. The maximum Gasteiger partial charge on any atom is 0.199 e. The van der Waals surface area contributed by atoms with E-state index in [1.165, 1.54) is 12.8 Å². The maximum absolute atomic E-state index is 6.16. The van der Waals surface area contributed by atoms with Crippen LogP contribution in [-0.4, -0.2) is 33.4 Å². The van der Waals surface area contributed by atoms with Crippen molar-refractivity contribution in [3.05, 3.63) is 51.1 Å². The van der Waals surface area contributed by atoms with Crippen LogP contribution in [0.25, 0.3) is 10.7 Å². The van der Waals surface area contributed by atoms with Gasteiger partial charge < -0.3 is 4.74 Å². The van der Waals surface area contributed by atoms with Crippen molar-refractivity contribution in [2.24, 2.45) is 0 Å². The largest absolute Gasteiger partial charge is 0.496 e. The first-order valence-electron chi connectivity index (χ1n) is 8.81. The SMILES string of the molecule is COc1ccc(Cl)cc1CN(C)Cn1nc(-c2cccs2)n(C2CC2)c1=S. The highest BCUT2D eigenvalue weighted by Crippen LogP contribution is 2.39. The molecule has 4 rings (SSSR count). The molecule has 0 unspecified atom stereocenters. The summed E-state index contributed by atoms with van der Waals surface area (Å²) in [6.45, 7) is 1.29. The molecule has 1 aromatic carbocycles. The summed E-state index contributed by atoms with van der Waals surface area (Å²) >= 11 is 13.6. The van der Waals surface area contributed by atoms with Crippen LogP contribution < -0.4 is 4.74 Å². The van der Waals surface area contributed by atoms with Crippen LogP contribution in [0.5, 0.6) is 5.75 Å². The predicted octanol–water partition coefficient (Wildman–Crippen LogP) is 5.23. The minimum Gasteiger partial charge on any atom is -0.496 e. The van der Waals surface area contributed by atoms with E-state index in [1.807, 2.05) is 29.9 Å². The minimum atomic E-state index is 0.488. The molecule has 3 aromatic rings. The lowest BCUT2D eigenvalue weighted by atomic mass is 10.2. The second-order valence-corrected chi connectivity index (χ2v) is 8.55. The lowest BCUT2D eigenvalue weighted by Gasteiger charge is -2.18. The van der Waals surface area contributed by atoms with E-state index in [9.17, 15) is 0 Å². The third-order valence-electron chi connectivity index (χ3n) is 4.58. The van der Waals surface area contributed by atoms with Gasteiger partial charge >= 0.3 is 0 Å². The molecule has 1 fully saturated rings. The molecule has 0 radical (unpaired) electrons. The van der Waals surface area contributed by atoms with Crippen molar-refractivity contribution < 1.29 is 4.74 Å². The summed E-state index contributed by atoms with van der Waals surface area (Å²) in [5.41, 5.74) is 1.04. The molecule has 142 valence electrons. The van der Waals surface area contributed by atoms with Crippen LogP contribution >= 0.6 is 35.2 Å². The Morgan fingerprint density at radius 3 is 2.85 bits per heavy atom. The van der Waals surface area contributed by atoms with Crippen molar-refractivity contribution >= 4 is 35.2 Å². The van der Waals surface area contributed by atoms with Crippen LogP contribution in [0, 0.1) is 4.77 Å². The quantitative estimate of drug-likeness (QED) is 0.490. The zero-order chi connectivity index (χ0) is 19.0. The molecule has 8 heteroatoms. The summed E-state index contributed by atoms with van der Waals surface area (Å²) in [6, 6.07) is 10.3. The van der Waals surface area contributed by atoms with Gasteiger partial charge in [-0.2, -0.15) is 0 Å². The van der Waals surface area contributed by atoms with Crippen molar-refractivity contribution in [1.82, 2.24) is 19.2 Å². The summed E-state index contributed by atoms with van der Waals surface area (Å²) in [5, 5.41) is 7.62. The molecule has 0 bridgehead atoms. The van der Waals surface area contributed by atoms with Gasteiger partial charge in [-0.25, -0.2) is 4.68 Å². The minimum absolute atomic E-state index is 0.488. The van der Waals surface area contributed by atoms with E-state index < -0.39 is 0 Å². The highest BCUT2D eigenvalue weighted by atomic mass is 35.5. The fraction of sp³-hybridized carbons (Fsp3) is 0.368. The van der Waals surface area contributed by atoms with Crippen LogP contribution in [0.3, 0.4) is 0 Å². The van der Waals surface area contributed by atoms with E-state index >= 15 is 0 Å². The fourth-order valence-corrected chi connectivity index (χ4v) is 4.42. The fourth-order valence-electron chi connectivity index (χ4n) is 3.19. The average Bonchev–Trinajstić information content (AvgIpc) is 3.22. The van der Waals surface area contributed by atoms with Gasteiger partial charge in [-0.3, -0.25) is 9.47 Å². The van der Waals surface area contributed by atoms with E-state index in [0.717, 1.165) is 26.8 Å². The number of rotatable bonds is 7. The first-order chi connectivity index (χ1) is 13.1. The summed E-state index contributed by atoms with van der Waals surface area (Å²) in [5.74, 6) is 1.81. The molecule has 0 N–H and O–H groups in total. The summed E-state index contributed by atoms with van der Waals surface area (Å²) in [4.78, 5) is 3.32. The van der Waals surface area contributed by atoms with E-state index in [1.54, 1.807) is 18.4 Å². The smallest absolute Gasteiger partial charge is 0.199 e. The van der Waals surface area contributed by atoms with Gasteiger partial charge in [-0.15, -0.1) is 16.4 Å². The van der Waals surface area contributed by atoms with E-state index in [-0.39, 0.29) is 0 Å². The number of aromatic nitrogens is 3. The van der Waals surface area contributed by atoms with Gasteiger partial charge in [0, 0.05) is 23.2 Å². The molecule has 1 aliphatic rings. The van der Waals surface area contributed by atoms with E-state index in [2.05, 4.69) is 27.0 Å². The molecule has 0 atom stereocenters. The third-order valence-corrected chi connectivity index (χ3v) is 6.09. The van der Waals surface area contributed by atoms with E-state index in [0.29, 0.717) is 24.3 Å². The van der Waals surface area contributed by atoms with Crippen LogP contribution in [0.15, 0.2) is 35.7 Å². The molecule has 0 amide bonds. The number of halogens is 1. The van der Waals surface area contributed by atoms with Gasteiger partial charge in [0.15, 0.2) is 10.6 Å². The Morgan fingerprint density at radius 1 is 1.37 bits per heavy atom. The van der Waals surface area contributed by atoms with Crippen LogP contribution in [0.4, 0.5) is 0 Å². The summed E-state index contributed by atoms with van der Waals surface area (Å²) < 4.78 is 10.4. The Kier molecular flexibility index (Phi) is 5.36. The molecule has 2 heterocycles. The molecule has 0 aliphatic heterocycles. The molecule has 1 aliphatic carbocycles. The van der Waals surface area contributed by atoms with Gasteiger partial charge in [0.2, 0.25) is 0 Å². The molecule has 2 aromatic heterocycles. The highest BCUT2D eigenvalue weighted by molar-refractivity contribution is 7.71. The Hall–Kier alpha value is -1.67. The van der Waals surface area contributed by atoms with Gasteiger partial charge in [0.05, 0.1) is 18.7 Å². The van der Waals surface area contributed by atoms with Crippen molar-refractivity contribution in [3.63, 3.8) is 0 Å². The van der Waals surface area contributed by atoms with Crippen LogP contribution in [0.2, 0.25) is 5.02 Å². The first kappa shape index (κ1) is 18.7. The Labute approximate surface area is 172 Å². The number of benzene rings is 1. The topological polar surface area (TPSA) is 35.2 Å². The van der Waals surface area contributed by atoms with Gasteiger partial charge in [-0.1, -0.05) is 17.7 Å². The lowest BCUT2D eigenvalue weighted by Crippen LogP contribution is -2.23. The number of hydrogen-bond acceptors (Lipinski definition) is 5. The molecule has 0 saturated heterocycles. The van der Waals surface area contributed by atoms with Gasteiger partial charge in [0.25, 0.3) is 0 Å². The second-order valence-electron chi connectivity index (χ2n) is 6.80. The summed E-state index contributed by atoms with van der Waals surface area (Å²) in [7, 11) is 3.72. The maximum atomic E-state index is 6.16. The average molecular weight is 421 g/mol. The van der Waals surface area contributed by atoms with Crippen molar-refractivity contribution in [1.29, 1.82) is 0 Å². The third kappa shape index (κ3) is 3.96. The zero-order valence-corrected chi connectivity index (χ0v) is 17.7.